The molecule has 0 fully saturated rings. The van der Waals surface area contributed by atoms with E-state index >= 15 is 0 Å². The van der Waals surface area contributed by atoms with Crippen LogP contribution >= 0.6 is 0 Å². The van der Waals surface area contributed by atoms with E-state index in [0.717, 1.165) is 18.6 Å². The highest BCUT2D eigenvalue weighted by Gasteiger charge is 2.11. The molecule has 1 unspecified atom stereocenters. The average molecular weight is 313 g/mol. The molecule has 0 saturated heterocycles. The molecule has 126 valence electrons. The number of aryl methyl sites for hydroxylation is 2. The molecule has 1 N–H and O–H groups in total. The van der Waals surface area contributed by atoms with Crippen molar-refractivity contribution in [3.63, 3.8) is 0 Å². The van der Waals surface area contributed by atoms with E-state index in [0.29, 0.717) is 6.04 Å². The van der Waals surface area contributed by atoms with Crippen LogP contribution in [0.1, 0.15) is 44.7 Å². The van der Waals surface area contributed by atoms with E-state index in [9.17, 15) is 0 Å². The third kappa shape index (κ3) is 4.44. The molecule has 2 aromatic rings. The summed E-state index contributed by atoms with van der Waals surface area (Å²) in [6.07, 6.45) is 4.40. The molecule has 1 aromatic carbocycles. The molecule has 0 amide bonds. The van der Waals surface area contributed by atoms with Crippen molar-refractivity contribution in [2.45, 2.75) is 53.5 Å². The van der Waals surface area contributed by atoms with Gasteiger partial charge in [-0.2, -0.15) is 0 Å². The van der Waals surface area contributed by atoms with Crippen LogP contribution in [0, 0.1) is 13.8 Å². The number of benzene rings is 1. The lowest BCUT2D eigenvalue weighted by molar-refractivity contribution is 0.295. The Balaban J connectivity index is 2.07. The fourth-order valence-corrected chi connectivity index (χ4v) is 3.18. The number of rotatable bonds is 8. The Kier molecular flexibility index (Phi) is 6.40. The van der Waals surface area contributed by atoms with E-state index in [1.165, 1.54) is 41.6 Å². The molecule has 0 aliphatic heterocycles. The third-order valence-corrected chi connectivity index (χ3v) is 4.69. The van der Waals surface area contributed by atoms with Crippen molar-refractivity contribution >= 4 is 16.6 Å². The van der Waals surface area contributed by atoms with E-state index in [4.69, 9.17) is 0 Å². The topological polar surface area (TPSA) is 28.2 Å². The van der Waals surface area contributed by atoms with Crippen molar-refractivity contribution in [2.75, 3.05) is 25.0 Å². The zero-order chi connectivity index (χ0) is 16.8. The van der Waals surface area contributed by atoms with Gasteiger partial charge in [-0.3, -0.25) is 4.98 Å². The van der Waals surface area contributed by atoms with Gasteiger partial charge < -0.3 is 10.2 Å². The molecular formula is C20H31N3. The van der Waals surface area contributed by atoms with E-state index in [-0.39, 0.29) is 0 Å². The van der Waals surface area contributed by atoms with E-state index in [2.05, 4.69) is 68.0 Å². The van der Waals surface area contributed by atoms with Gasteiger partial charge in [0.05, 0.1) is 5.52 Å². The summed E-state index contributed by atoms with van der Waals surface area (Å²) in [6, 6.07) is 6.81. The second kappa shape index (κ2) is 8.30. The fraction of sp³-hybridized carbons (Fsp3) is 0.550. The Morgan fingerprint density at radius 1 is 1.13 bits per heavy atom. The number of hydrogen-bond acceptors (Lipinski definition) is 3. The van der Waals surface area contributed by atoms with Crippen molar-refractivity contribution in [1.82, 2.24) is 9.88 Å². The Morgan fingerprint density at radius 2 is 1.87 bits per heavy atom. The van der Waals surface area contributed by atoms with Crippen molar-refractivity contribution < 1.29 is 0 Å². The number of hydrogen-bond donors (Lipinski definition) is 1. The molecule has 0 radical (unpaired) electrons. The van der Waals surface area contributed by atoms with Gasteiger partial charge in [-0.1, -0.05) is 26.0 Å². The molecule has 2 rings (SSSR count). The Labute approximate surface area is 141 Å². The molecule has 1 atom stereocenters. The van der Waals surface area contributed by atoms with Crippen molar-refractivity contribution in [2.24, 2.45) is 0 Å². The average Bonchev–Trinajstić information content (AvgIpc) is 2.54. The molecule has 0 saturated carbocycles. The van der Waals surface area contributed by atoms with Gasteiger partial charge in [-0.15, -0.1) is 0 Å². The highest BCUT2D eigenvalue weighted by atomic mass is 15.1. The van der Waals surface area contributed by atoms with Crippen LogP contribution in [-0.2, 0) is 0 Å². The second-order valence-electron chi connectivity index (χ2n) is 6.50. The SMILES string of the molecule is CCN(CC)CCCC(C)Nc1c(C)cnc2cccc(C)c12. The first kappa shape index (κ1) is 17.7. The maximum absolute atomic E-state index is 4.57. The predicted octanol–water partition coefficient (Wildman–Crippen LogP) is 4.77. The predicted molar refractivity (Wildman–Crippen MR) is 101 cm³/mol. The van der Waals surface area contributed by atoms with E-state index in [1.54, 1.807) is 0 Å². The number of nitrogens with zero attached hydrogens (tertiary/aromatic N) is 2. The molecule has 3 nitrogen and oxygen atoms in total. The molecule has 1 aromatic heterocycles. The Hall–Kier alpha value is -1.61. The maximum atomic E-state index is 4.57. The van der Waals surface area contributed by atoms with Crippen LogP contribution in [-0.4, -0.2) is 35.6 Å². The van der Waals surface area contributed by atoms with Crippen LogP contribution in [0.5, 0.6) is 0 Å². The minimum Gasteiger partial charge on any atom is -0.382 e. The van der Waals surface area contributed by atoms with Crippen molar-refractivity contribution in [3.05, 3.63) is 35.5 Å². The summed E-state index contributed by atoms with van der Waals surface area (Å²) >= 11 is 0. The number of anilines is 1. The van der Waals surface area contributed by atoms with E-state index in [1.807, 2.05) is 6.20 Å². The van der Waals surface area contributed by atoms with Gasteiger partial charge in [0.1, 0.15) is 0 Å². The minimum absolute atomic E-state index is 0.467. The van der Waals surface area contributed by atoms with Crippen LogP contribution in [0.25, 0.3) is 10.9 Å². The lowest BCUT2D eigenvalue weighted by Gasteiger charge is -2.22. The smallest absolute Gasteiger partial charge is 0.0725 e. The third-order valence-electron chi connectivity index (χ3n) is 4.69. The highest BCUT2D eigenvalue weighted by Crippen LogP contribution is 2.29. The van der Waals surface area contributed by atoms with Gasteiger partial charge in [0.15, 0.2) is 0 Å². The normalized spacial score (nSPS) is 12.8. The van der Waals surface area contributed by atoms with Crippen LogP contribution in [0.15, 0.2) is 24.4 Å². The Morgan fingerprint density at radius 3 is 2.57 bits per heavy atom. The number of nitrogens with one attached hydrogen (secondary N) is 1. The molecule has 23 heavy (non-hydrogen) atoms. The number of pyridine rings is 1. The first-order valence-electron chi connectivity index (χ1n) is 8.90. The number of aromatic nitrogens is 1. The molecule has 0 aliphatic carbocycles. The van der Waals surface area contributed by atoms with Gasteiger partial charge in [0, 0.05) is 23.3 Å². The van der Waals surface area contributed by atoms with Crippen LogP contribution in [0.4, 0.5) is 5.69 Å². The summed E-state index contributed by atoms with van der Waals surface area (Å²) in [5, 5.41) is 5.01. The summed E-state index contributed by atoms with van der Waals surface area (Å²) in [7, 11) is 0. The first-order valence-corrected chi connectivity index (χ1v) is 8.90. The second-order valence-corrected chi connectivity index (χ2v) is 6.50. The minimum atomic E-state index is 0.467. The standard InChI is InChI=1S/C20H31N3/c1-6-23(7-2)13-9-11-17(5)22-20-16(4)14-21-18-12-8-10-15(3)19(18)20/h8,10,12,14,17H,6-7,9,11,13H2,1-5H3,(H,21,22). The van der Waals surface area contributed by atoms with Gasteiger partial charge in [0.2, 0.25) is 0 Å². The summed E-state index contributed by atoms with van der Waals surface area (Å²) in [5.41, 5.74) is 4.84. The van der Waals surface area contributed by atoms with Crippen LogP contribution in [0.3, 0.4) is 0 Å². The maximum Gasteiger partial charge on any atom is 0.0725 e. The summed E-state index contributed by atoms with van der Waals surface area (Å²) in [5.74, 6) is 0. The Bertz CT molecular complexity index is 632. The molecule has 0 aliphatic rings. The zero-order valence-electron chi connectivity index (χ0n) is 15.3. The molecule has 3 heteroatoms. The monoisotopic (exact) mass is 313 g/mol. The van der Waals surface area contributed by atoms with Gasteiger partial charge in [-0.05, 0) is 70.4 Å². The lowest BCUT2D eigenvalue weighted by Crippen LogP contribution is -2.25. The highest BCUT2D eigenvalue weighted by molar-refractivity contribution is 5.95. The van der Waals surface area contributed by atoms with Crippen molar-refractivity contribution in [1.29, 1.82) is 0 Å². The molecule has 0 bridgehead atoms. The first-order chi connectivity index (χ1) is 11.1. The van der Waals surface area contributed by atoms with Gasteiger partial charge >= 0.3 is 0 Å². The fourth-order valence-electron chi connectivity index (χ4n) is 3.18. The molecular weight excluding hydrogens is 282 g/mol. The quantitative estimate of drug-likeness (QED) is 0.760. The number of fused-ring (bicyclic) bond motifs is 1. The van der Waals surface area contributed by atoms with Crippen LogP contribution < -0.4 is 5.32 Å². The zero-order valence-corrected chi connectivity index (χ0v) is 15.3. The summed E-state index contributed by atoms with van der Waals surface area (Å²) < 4.78 is 0. The largest absolute Gasteiger partial charge is 0.382 e. The lowest BCUT2D eigenvalue weighted by atomic mass is 10.0. The van der Waals surface area contributed by atoms with Gasteiger partial charge in [0.25, 0.3) is 0 Å². The summed E-state index contributed by atoms with van der Waals surface area (Å²) in [4.78, 5) is 7.06. The molecule has 1 heterocycles. The van der Waals surface area contributed by atoms with Crippen LogP contribution in [0.2, 0.25) is 0 Å². The summed E-state index contributed by atoms with van der Waals surface area (Å²) in [6.45, 7) is 14.5. The van der Waals surface area contributed by atoms with Gasteiger partial charge in [-0.25, -0.2) is 0 Å². The van der Waals surface area contributed by atoms with E-state index < -0.39 is 0 Å². The van der Waals surface area contributed by atoms with Crippen molar-refractivity contribution in [3.8, 4) is 0 Å². The molecule has 0 spiro atoms.